The Labute approximate surface area is 266 Å². The Morgan fingerprint density at radius 2 is 1.41 bits per heavy atom. The lowest BCUT2D eigenvalue weighted by atomic mass is 9.74. The Kier molecular flexibility index (Phi) is 9.68. The van der Waals surface area contributed by atoms with Crippen LogP contribution in [0.2, 0.25) is 0 Å². The molecule has 0 saturated carbocycles. The van der Waals surface area contributed by atoms with Crippen molar-refractivity contribution in [2.24, 2.45) is 14.1 Å². The van der Waals surface area contributed by atoms with Gasteiger partial charge in [0, 0.05) is 23.3 Å². The molecule has 0 N–H and O–H groups in total. The van der Waals surface area contributed by atoms with E-state index in [1.54, 1.807) is 0 Å². The third kappa shape index (κ3) is 5.77. The molecular formula is C41H53N3+2. The summed E-state index contributed by atoms with van der Waals surface area (Å²) in [5.41, 5.74) is 9.75. The van der Waals surface area contributed by atoms with Crippen LogP contribution < -0.4 is 9.13 Å². The largest absolute Gasteiger partial charge is 0.282 e. The highest BCUT2D eigenvalue weighted by Gasteiger charge is 2.50. The van der Waals surface area contributed by atoms with Crippen LogP contribution >= 0.6 is 0 Å². The third-order valence-corrected chi connectivity index (χ3v) is 9.68. The standard InChI is InChI=1S/C41H53N3/c1-13-14-15-21-32(7)40(8,9)36-25-19-26-37(43(36)12)41(10,35-24-17-16-20-31(35)6)39-42(11)27-28-44(39)38-33(29(2)3)22-18-23-34(38)30(4)5/h13-30H,1H2,2-12H3/q+2/b15-14-,32-21-. The van der Waals surface area contributed by atoms with E-state index in [2.05, 4.69) is 182 Å². The maximum Gasteiger partial charge on any atom is 0.282 e. The van der Waals surface area contributed by atoms with Gasteiger partial charge in [-0.3, -0.25) is 0 Å². The first kappa shape index (κ1) is 32.9. The summed E-state index contributed by atoms with van der Waals surface area (Å²) in [7, 11) is 4.44. The molecule has 3 nitrogen and oxygen atoms in total. The number of rotatable bonds is 10. The summed E-state index contributed by atoms with van der Waals surface area (Å²) in [6, 6.07) is 22.6. The molecule has 0 saturated heterocycles. The molecule has 0 bridgehead atoms. The van der Waals surface area contributed by atoms with Gasteiger partial charge in [-0.25, -0.2) is 9.13 Å². The van der Waals surface area contributed by atoms with Crippen LogP contribution in [0.25, 0.3) is 5.69 Å². The lowest BCUT2D eigenvalue weighted by Crippen LogP contribution is -2.53. The van der Waals surface area contributed by atoms with Crippen molar-refractivity contribution in [1.82, 2.24) is 4.57 Å². The van der Waals surface area contributed by atoms with Crippen molar-refractivity contribution in [3.8, 4) is 5.69 Å². The van der Waals surface area contributed by atoms with E-state index in [1.807, 2.05) is 12.2 Å². The molecule has 0 aliphatic rings. The van der Waals surface area contributed by atoms with Crippen LogP contribution in [-0.2, 0) is 24.9 Å². The molecule has 2 aromatic heterocycles. The van der Waals surface area contributed by atoms with E-state index in [0.717, 1.165) is 0 Å². The maximum absolute atomic E-state index is 3.83. The average Bonchev–Trinajstić information content (AvgIpc) is 3.37. The second-order valence-corrected chi connectivity index (χ2v) is 13.6. The summed E-state index contributed by atoms with van der Waals surface area (Å²) < 4.78 is 7.26. The highest BCUT2D eigenvalue weighted by Crippen LogP contribution is 2.41. The summed E-state index contributed by atoms with van der Waals surface area (Å²) >= 11 is 0. The highest BCUT2D eigenvalue weighted by atomic mass is 15.2. The van der Waals surface area contributed by atoms with Gasteiger partial charge in [0.2, 0.25) is 5.69 Å². The van der Waals surface area contributed by atoms with Crippen LogP contribution in [0.4, 0.5) is 0 Å². The van der Waals surface area contributed by atoms with Gasteiger partial charge in [0.1, 0.15) is 25.1 Å². The van der Waals surface area contributed by atoms with E-state index in [-0.39, 0.29) is 5.41 Å². The Balaban J connectivity index is 2.13. The van der Waals surface area contributed by atoms with E-state index < -0.39 is 5.41 Å². The van der Waals surface area contributed by atoms with Crippen molar-refractivity contribution in [2.75, 3.05) is 0 Å². The van der Waals surface area contributed by atoms with Gasteiger partial charge in [-0.2, -0.15) is 4.57 Å². The molecule has 4 rings (SSSR count). The number of para-hydroxylation sites is 1. The normalized spacial score (nSPS) is 14.1. The van der Waals surface area contributed by atoms with Gasteiger partial charge in [-0.15, -0.1) is 0 Å². The molecule has 0 spiro atoms. The zero-order chi connectivity index (χ0) is 32.4. The van der Waals surface area contributed by atoms with E-state index in [4.69, 9.17) is 0 Å². The SMILES string of the molecule is C=C/C=C\C=C(\C)C(C)(C)c1cccc(C(C)(c2ccccc2C)c2n(-c3c(C(C)C)cccc3C(C)C)cc[n+]2C)[n+]1C. The van der Waals surface area contributed by atoms with E-state index in [1.165, 1.54) is 50.7 Å². The van der Waals surface area contributed by atoms with Crippen molar-refractivity contribution >= 4 is 0 Å². The fourth-order valence-electron chi connectivity index (χ4n) is 6.95. The zero-order valence-electron chi connectivity index (χ0n) is 28.9. The topological polar surface area (TPSA) is 12.7 Å². The molecular weight excluding hydrogens is 534 g/mol. The summed E-state index contributed by atoms with van der Waals surface area (Å²) in [6.07, 6.45) is 12.6. The Bertz CT molecular complexity index is 1680. The molecule has 1 atom stereocenters. The molecule has 1 unspecified atom stereocenters. The second kappa shape index (κ2) is 12.9. The Morgan fingerprint density at radius 1 is 0.818 bits per heavy atom. The number of imidazole rings is 1. The van der Waals surface area contributed by atoms with Gasteiger partial charge in [-0.05, 0) is 63.6 Å². The minimum Gasteiger partial charge on any atom is -0.235 e. The molecule has 2 aromatic carbocycles. The number of benzene rings is 2. The van der Waals surface area contributed by atoms with Gasteiger partial charge < -0.3 is 0 Å². The lowest BCUT2D eigenvalue weighted by Gasteiger charge is -2.30. The van der Waals surface area contributed by atoms with Gasteiger partial charge in [-0.1, -0.05) is 107 Å². The van der Waals surface area contributed by atoms with Crippen LogP contribution in [0.3, 0.4) is 0 Å². The number of allylic oxidation sites excluding steroid dienone is 5. The van der Waals surface area contributed by atoms with Crippen molar-refractivity contribution in [3.63, 3.8) is 0 Å². The summed E-state index contributed by atoms with van der Waals surface area (Å²) in [5.74, 6) is 2.01. The lowest BCUT2D eigenvalue weighted by molar-refractivity contribution is -0.702. The first-order chi connectivity index (χ1) is 20.8. The molecule has 0 amide bonds. The van der Waals surface area contributed by atoms with Crippen LogP contribution in [0.5, 0.6) is 0 Å². The van der Waals surface area contributed by atoms with Gasteiger partial charge in [0.05, 0.1) is 12.5 Å². The van der Waals surface area contributed by atoms with Crippen molar-refractivity contribution in [3.05, 3.63) is 149 Å². The van der Waals surface area contributed by atoms with Crippen LogP contribution in [0.1, 0.15) is 107 Å². The summed E-state index contributed by atoms with van der Waals surface area (Å²) in [6.45, 7) is 24.6. The molecule has 0 radical (unpaired) electrons. The molecule has 3 heteroatoms. The Hall–Kier alpha value is -3.98. The predicted molar refractivity (Wildman–Crippen MR) is 186 cm³/mol. The molecule has 0 fully saturated rings. The number of hydrogen-bond acceptors (Lipinski definition) is 0. The van der Waals surface area contributed by atoms with Crippen molar-refractivity contribution in [1.29, 1.82) is 0 Å². The number of aromatic nitrogens is 3. The molecule has 4 aromatic rings. The highest BCUT2D eigenvalue weighted by molar-refractivity contribution is 5.54. The molecule has 230 valence electrons. The predicted octanol–water partition coefficient (Wildman–Crippen LogP) is 9.00. The molecule has 2 heterocycles. The summed E-state index contributed by atoms with van der Waals surface area (Å²) in [5, 5.41) is 0. The second-order valence-electron chi connectivity index (χ2n) is 13.6. The molecule has 0 aliphatic carbocycles. The number of aryl methyl sites for hydroxylation is 2. The van der Waals surface area contributed by atoms with Gasteiger partial charge >= 0.3 is 0 Å². The number of pyridine rings is 1. The minimum atomic E-state index is -0.483. The monoisotopic (exact) mass is 587 g/mol. The van der Waals surface area contributed by atoms with Crippen molar-refractivity contribution < 1.29 is 9.13 Å². The van der Waals surface area contributed by atoms with Crippen LogP contribution in [0, 0.1) is 6.92 Å². The van der Waals surface area contributed by atoms with Crippen molar-refractivity contribution in [2.45, 2.75) is 85.0 Å². The number of hydrogen-bond donors (Lipinski definition) is 0. The van der Waals surface area contributed by atoms with Crippen LogP contribution in [-0.4, -0.2) is 4.57 Å². The minimum absolute atomic E-state index is 0.192. The maximum atomic E-state index is 3.83. The van der Waals surface area contributed by atoms with Gasteiger partial charge in [0.15, 0.2) is 11.1 Å². The van der Waals surface area contributed by atoms with E-state index in [0.29, 0.717) is 11.8 Å². The summed E-state index contributed by atoms with van der Waals surface area (Å²) in [4.78, 5) is 0. The van der Waals surface area contributed by atoms with Crippen LogP contribution in [0.15, 0.2) is 110 Å². The Morgan fingerprint density at radius 3 is 2.00 bits per heavy atom. The zero-order valence-corrected chi connectivity index (χ0v) is 28.9. The first-order valence-corrected chi connectivity index (χ1v) is 16.0. The fraction of sp³-hybridized carbons (Fsp3) is 0.366. The quantitative estimate of drug-likeness (QED) is 0.130. The fourth-order valence-corrected chi connectivity index (χ4v) is 6.95. The third-order valence-electron chi connectivity index (χ3n) is 9.68. The smallest absolute Gasteiger partial charge is 0.235 e. The first-order valence-electron chi connectivity index (χ1n) is 16.0. The molecule has 0 aliphatic heterocycles. The van der Waals surface area contributed by atoms with Gasteiger partial charge in [0.25, 0.3) is 5.82 Å². The number of nitrogens with zero attached hydrogens (tertiary/aromatic N) is 3. The van der Waals surface area contributed by atoms with E-state index >= 15 is 0 Å². The average molecular weight is 588 g/mol. The molecule has 44 heavy (non-hydrogen) atoms. The van der Waals surface area contributed by atoms with E-state index in [9.17, 15) is 0 Å².